The number of unbranched alkanes of at least 4 members (excludes halogenated alkanes) is 1. The smallest absolute Gasteiger partial charge is 0.191 e. The Morgan fingerprint density at radius 2 is 1.87 bits per heavy atom. The van der Waals surface area contributed by atoms with E-state index in [0.717, 1.165) is 45.0 Å². The Labute approximate surface area is 157 Å². The van der Waals surface area contributed by atoms with Crippen LogP contribution in [0.2, 0.25) is 0 Å². The van der Waals surface area contributed by atoms with Gasteiger partial charge in [0, 0.05) is 33.4 Å². The Morgan fingerprint density at radius 3 is 2.57 bits per heavy atom. The van der Waals surface area contributed by atoms with Crippen LogP contribution in [0.3, 0.4) is 0 Å². The molecule has 6 heteroatoms. The maximum Gasteiger partial charge on any atom is 0.191 e. The van der Waals surface area contributed by atoms with E-state index in [0.29, 0.717) is 13.2 Å². The van der Waals surface area contributed by atoms with Gasteiger partial charge < -0.3 is 20.1 Å². The van der Waals surface area contributed by atoms with Crippen molar-refractivity contribution in [2.75, 3.05) is 40.0 Å². The molecule has 0 aliphatic heterocycles. The third kappa shape index (κ3) is 12.3. The van der Waals surface area contributed by atoms with Crippen molar-refractivity contribution in [3.63, 3.8) is 0 Å². The van der Waals surface area contributed by atoms with E-state index >= 15 is 0 Å². The standard InChI is InChI=1S/C17H29N3O2.HI/c1-3-18-17(20-12-14-21-2)19-11-7-8-13-22-15-16-9-5-4-6-10-16;/h4-6,9-10H,3,7-8,11-15H2,1-2H3,(H2,18,19,20);1H. The van der Waals surface area contributed by atoms with Gasteiger partial charge in [-0.3, -0.25) is 4.99 Å². The predicted octanol–water partition coefficient (Wildman–Crippen LogP) is 2.80. The molecule has 0 amide bonds. The minimum absolute atomic E-state index is 0. The molecular formula is C17H30IN3O2. The molecule has 1 aromatic carbocycles. The number of nitrogens with zero attached hydrogens (tertiary/aromatic N) is 1. The first-order valence-corrected chi connectivity index (χ1v) is 7.99. The summed E-state index contributed by atoms with van der Waals surface area (Å²) in [7, 11) is 1.70. The van der Waals surface area contributed by atoms with E-state index in [1.807, 2.05) is 18.2 Å². The molecule has 23 heavy (non-hydrogen) atoms. The van der Waals surface area contributed by atoms with Gasteiger partial charge in [-0.15, -0.1) is 24.0 Å². The van der Waals surface area contributed by atoms with Gasteiger partial charge in [-0.25, -0.2) is 0 Å². The summed E-state index contributed by atoms with van der Waals surface area (Å²) in [6, 6.07) is 10.2. The fraction of sp³-hybridized carbons (Fsp3) is 0.588. The fourth-order valence-corrected chi connectivity index (χ4v) is 1.88. The number of ether oxygens (including phenoxy) is 2. The van der Waals surface area contributed by atoms with Crippen molar-refractivity contribution >= 4 is 29.9 Å². The molecular weight excluding hydrogens is 405 g/mol. The summed E-state index contributed by atoms with van der Waals surface area (Å²) in [4.78, 5) is 4.52. The minimum atomic E-state index is 0. The number of aliphatic imine (C=N–C) groups is 1. The topological polar surface area (TPSA) is 54.9 Å². The Hall–Kier alpha value is -0.860. The molecule has 0 atom stereocenters. The van der Waals surface area contributed by atoms with Crippen LogP contribution in [0.4, 0.5) is 0 Å². The molecule has 2 N–H and O–H groups in total. The van der Waals surface area contributed by atoms with Crippen LogP contribution in [-0.2, 0) is 16.1 Å². The maximum atomic E-state index is 5.66. The highest BCUT2D eigenvalue weighted by molar-refractivity contribution is 14.0. The molecule has 0 saturated carbocycles. The Kier molecular flexibility index (Phi) is 15.4. The zero-order chi connectivity index (χ0) is 15.9. The molecule has 0 heterocycles. The molecule has 0 spiro atoms. The van der Waals surface area contributed by atoms with Crippen molar-refractivity contribution in [2.24, 2.45) is 4.99 Å². The molecule has 0 fully saturated rings. The summed E-state index contributed by atoms with van der Waals surface area (Å²) in [6.45, 7) is 6.63. The van der Waals surface area contributed by atoms with E-state index in [-0.39, 0.29) is 24.0 Å². The maximum absolute atomic E-state index is 5.66. The predicted molar refractivity (Wildman–Crippen MR) is 107 cm³/mol. The summed E-state index contributed by atoms with van der Waals surface area (Å²) < 4.78 is 10.7. The van der Waals surface area contributed by atoms with Gasteiger partial charge in [0.1, 0.15) is 0 Å². The van der Waals surface area contributed by atoms with Crippen molar-refractivity contribution in [3.8, 4) is 0 Å². The average molecular weight is 435 g/mol. The van der Waals surface area contributed by atoms with Crippen LogP contribution in [0.5, 0.6) is 0 Å². The molecule has 0 aliphatic rings. The molecule has 0 saturated heterocycles. The lowest BCUT2D eigenvalue weighted by Gasteiger charge is -2.10. The summed E-state index contributed by atoms with van der Waals surface area (Å²) in [5.41, 5.74) is 1.22. The Morgan fingerprint density at radius 1 is 1.09 bits per heavy atom. The first kappa shape index (κ1) is 22.1. The average Bonchev–Trinajstić information content (AvgIpc) is 2.55. The Bertz CT molecular complexity index is 402. The van der Waals surface area contributed by atoms with Gasteiger partial charge in [0.2, 0.25) is 0 Å². The van der Waals surface area contributed by atoms with Gasteiger partial charge in [0.05, 0.1) is 13.2 Å². The van der Waals surface area contributed by atoms with E-state index in [9.17, 15) is 0 Å². The van der Waals surface area contributed by atoms with Crippen LogP contribution in [-0.4, -0.2) is 45.9 Å². The summed E-state index contributed by atoms with van der Waals surface area (Å²) >= 11 is 0. The molecule has 0 bridgehead atoms. The van der Waals surface area contributed by atoms with E-state index in [1.165, 1.54) is 5.56 Å². The van der Waals surface area contributed by atoms with Gasteiger partial charge in [-0.2, -0.15) is 0 Å². The van der Waals surface area contributed by atoms with Crippen molar-refractivity contribution < 1.29 is 9.47 Å². The molecule has 132 valence electrons. The molecule has 0 unspecified atom stereocenters. The van der Waals surface area contributed by atoms with Gasteiger partial charge in [-0.1, -0.05) is 30.3 Å². The Balaban J connectivity index is 0.00000484. The van der Waals surface area contributed by atoms with Crippen LogP contribution < -0.4 is 10.6 Å². The van der Waals surface area contributed by atoms with Crippen LogP contribution in [0.25, 0.3) is 0 Å². The normalized spacial score (nSPS) is 11.0. The number of benzene rings is 1. The lowest BCUT2D eigenvalue weighted by atomic mass is 10.2. The third-order valence-corrected chi connectivity index (χ3v) is 3.02. The third-order valence-electron chi connectivity index (χ3n) is 3.02. The van der Waals surface area contributed by atoms with Gasteiger partial charge >= 0.3 is 0 Å². The largest absolute Gasteiger partial charge is 0.383 e. The van der Waals surface area contributed by atoms with Crippen molar-refractivity contribution in [3.05, 3.63) is 35.9 Å². The second-order valence-electron chi connectivity index (χ2n) is 4.93. The number of rotatable bonds is 11. The summed E-state index contributed by atoms with van der Waals surface area (Å²) in [6.07, 6.45) is 2.05. The van der Waals surface area contributed by atoms with E-state index in [4.69, 9.17) is 9.47 Å². The first-order chi connectivity index (χ1) is 10.9. The van der Waals surface area contributed by atoms with Crippen molar-refractivity contribution in [1.29, 1.82) is 0 Å². The van der Waals surface area contributed by atoms with Gasteiger partial charge in [-0.05, 0) is 25.3 Å². The quantitative estimate of drug-likeness (QED) is 0.243. The van der Waals surface area contributed by atoms with Crippen LogP contribution in [0.1, 0.15) is 25.3 Å². The molecule has 0 aliphatic carbocycles. The van der Waals surface area contributed by atoms with Crippen molar-refractivity contribution in [2.45, 2.75) is 26.4 Å². The van der Waals surface area contributed by atoms with E-state index in [2.05, 4.69) is 34.7 Å². The van der Waals surface area contributed by atoms with Crippen molar-refractivity contribution in [1.82, 2.24) is 10.6 Å². The number of guanidine groups is 1. The highest BCUT2D eigenvalue weighted by Crippen LogP contribution is 2.01. The number of hydrogen-bond donors (Lipinski definition) is 2. The monoisotopic (exact) mass is 435 g/mol. The SMILES string of the molecule is CCNC(=NCCCCOCc1ccccc1)NCCOC.I. The highest BCUT2D eigenvalue weighted by atomic mass is 127. The van der Waals surface area contributed by atoms with E-state index < -0.39 is 0 Å². The lowest BCUT2D eigenvalue weighted by Crippen LogP contribution is -2.39. The van der Waals surface area contributed by atoms with Gasteiger partial charge in [0.25, 0.3) is 0 Å². The summed E-state index contributed by atoms with van der Waals surface area (Å²) in [5.74, 6) is 0.852. The number of hydrogen-bond acceptors (Lipinski definition) is 3. The van der Waals surface area contributed by atoms with E-state index in [1.54, 1.807) is 7.11 Å². The molecule has 5 nitrogen and oxygen atoms in total. The molecule has 0 aromatic heterocycles. The van der Waals surface area contributed by atoms with Crippen LogP contribution >= 0.6 is 24.0 Å². The second-order valence-corrected chi connectivity index (χ2v) is 4.93. The van der Waals surface area contributed by atoms with Gasteiger partial charge in [0.15, 0.2) is 5.96 Å². The first-order valence-electron chi connectivity index (χ1n) is 7.99. The van der Waals surface area contributed by atoms with Crippen LogP contribution in [0, 0.1) is 0 Å². The van der Waals surface area contributed by atoms with Crippen LogP contribution in [0.15, 0.2) is 35.3 Å². The summed E-state index contributed by atoms with van der Waals surface area (Å²) in [5, 5.41) is 6.44. The molecule has 1 aromatic rings. The highest BCUT2D eigenvalue weighted by Gasteiger charge is 1.96. The number of methoxy groups -OCH3 is 1. The lowest BCUT2D eigenvalue weighted by molar-refractivity contribution is 0.117. The minimum Gasteiger partial charge on any atom is -0.383 e. The second kappa shape index (κ2) is 16.0. The number of nitrogens with one attached hydrogen (secondary N) is 2. The zero-order valence-corrected chi connectivity index (χ0v) is 16.5. The zero-order valence-electron chi connectivity index (χ0n) is 14.2. The molecule has 1 rings (SSSR count). The fourth-order valence-electron chi connectivity index (χ4n) is 1.88. The number of halogens is 1. The molecule has 0 radical (unpaired) electrons.